The van der Waals surface area contributed by atoms with Gasteiger partial charge in [-0.3, -0.25) is 0 Å². The highest BCUT2D eigenvalue weighted by atomic mass is 35.7. The Morgan fingerprint density at radius 2 is 2.24 bits per heavy atom. The van der Waals surface area contributed by atoms with Gasteiger partial charge in [-0.15, -0.1) is 0 Å². The number of halogens is 1. The van der Waals surface area contributed by atoms with Gasteiger partial charge < -0.3 is 4.74 Å². The van der Waals surface area contributed by atoms with Gasteiger partial charge in [0.15, 0.2) is 0 Å². The molecule has 0 aromatic heterocycles. The van der Waals surface area contributed by atoms with E-state index in [-0.39, 0.29) is 11.9 Å². The van der Waals surface area contributed by atoms with E-state index >= 15 is 0 Å². The zero-order valence-corrected chi connectivity index (χ0v) is 11.2. The molecule has 0 radical (unpaired) electrons. The van der Waals surface area contributed by atoms with Crippen LogP contribution in [0.4, 0.5) is 0 Å². The van der Waals surface area contributed by atoms with E-state index in [1.54, 1.807) is 0 Å². The monoisotopic (exact) mass is 274 g/mol. The normalized spacial score (nSPS) is 19.5. The lowest BCUT2D eigenvalue weighted by Crippen LogP contribution is -2.20. The maximum absolute atomic E-state index is 11.0. The van der Waals surface area contributed by atoms with Crippen LogP contribution in [-0.4, -0.2) is 20.3 Å². The maximum Gasteiger partial charge on any atom is 0.232 e. The average Bonchev–Trinajstić information content (AvgIpc) is 2.25. The minimum atomic E-state index is -3.45. The first kappa shape index (κ1) is 12.7. The molecule has 0 fully saturated rings. The molecule has 0 bridgehead atoms. The summed E-state index contributed by atoms with van der Waals surface area (Å²) in [6, 6.07) is 5.87. The first-order valence-corrected chi connectivity index (χ1v) is 8.13. The van der Waals surface area contributed by atoms with Crippen molar-refractivity contribution >= 4 is 19.7 Å². The fourth-order valence-corrected chi connectivity index (χ4v) is 2.73. The molecule has 0 amide bonds. The molecular weight excluding hydrogens is 260 g/mol. The van der Waals surface area contributed by atoms with Crippen molar-refractivity contribution in [1.82, 2.24) is 0 Å². The lowest BCUT2D eigenvalue weighted by Gasteiger charge is -2.25. The van der Waals surface area contributed by atoms with Crippen LogP contribution in [0.1, 0.15) is 24.5 Å². The second-order valence-corrected chi connectivity index (χ2v) is 7.26. The third-order valence-corrected chi connectivity index (χ3v) is 4.09. The number of hydrogen-bond acceptors (Lipinski definition) is 3. The van der Waals surface area contributed by atoms with Gasteiger partial charge in [0, 0.05) is 10.7 Å². The van der Waals surface area contributed by atoms with Crippen LogP contribution in [0.5, 0.6) is 5.75 Å². The van der Waals surface area contributed by atoms with E-state index in [1.807, 2.05) is 25.1 Å². The first-order valence-electron chi connectivity index (χ1n) is 5.65. The Morgan fingerprint density at radius 1 is 1.47 bits per heavy atom. The van der Waals surface area contributed by atoms with Gasteiger partial charge in [-0.25, -0.2) is 8.42 Å². The van der Waals surface area contributed by atoms with Crippen molar-refractivity contribution < 1.29 is 13.2 Å². The molecule has 1 aliphatic heterocycles. The molecule has 94 valence electrons. The summed E-state index contributed by atoms with van der Waals surface area (Å²) < 4.78 is 27.7. The minimum absolute atomic E-state index is 0.0528. The van der Waals surface area contributed by atoms with Gasteiger partial charge in [0.2, 0.25) is 9.05 Å². The summed E-state index contributed by atoms with van der Waals surface area (Å²) in [5, 5.41) is 0. The maximum atomic E-state index is 11.0. The van der Waals surface area contributed by atoms with Crippen LogP contribution in [0.25, 0.3) is 0 Å². The Labute approximate surface area is 106 Å². The zero-order valence-electron chi connectivity index (χ0n) is 9.65. The van der Waals surface area contributed by atoms with Crippen molar-refractivity contribution in [3.05, 3.63) is 29.3 Å². The van der Waals surface area contributed by atoms with Gasteiger partial charge in [0.05, 0.1) is 11.9 Å². The summed E-state index contributed by atoms with van der Waals surface area (Å²) in [6.45, 7) is 2.03. The molecule has 1 aromatic rings. The molecule has 0 aliphatic carbocycles. The molecule has 5 heteroatoms. The fraction of sp³-hybridized carbons (Fsp3) is 0.500. The van der Waals surface area contributed by atoms with Gasteiger partial charge in [-0.2, -0.15) is 0 Å². The lowest BCUT2D eigenvalue weighted by molar-refractivity contribution is 0.190. The number of aryl methyl sites for hydroxylation is 2. The van der Waals surface area contributed by atoms with E-state index in [1.165, 1.54) is 0 Å². The number of rotatable bonds is 3. The molecule has 1 unspecified atom stereocenters. The van der Waals surface area contributed by atoms with Crippen LogP contribution >= 0.6 is 10.7 Å². The summed E-state index contributed by atoms with van der Waals surface area (Å²) in [5.41, 5.74) is 2.09. The quantitative estimate of drug-likeness (QED) is 0.796. The number of para-hydroxylation sites is 1. The molecule has 0 N–H and O–H groups in total. The standard InChI is InChI=1S/C12H15ClO3S/c1-9-5-6-10-3-2-4-11(12(10)16-9)7-8-17(13,14)15/h2-4,9H,5-8H2,1H3. The van der Waals surface area contributed by atoms with E-state index in [4.69, 9.17) is 15.4 Å². The van der Waals surface area contributed by atoms with Gasteiger partial charge >= 0.3 is 0 Å². The first-order chi connectivity index (χ1) is 7.96. The van der Waals surface area contributed by atoms with E-state index < -0.39 is 9.05 Å². The van der Waals surface area contributed by atoms with Gasteiger partial charge in [-0.05, 0) is 37.3 Å². The predicted octanol–water partition coefficient (Wildman–Crippen LogP) is 2.51. The molecule has 17 heavy (non-hydrogen) atoms. The Hall–Kier alpha value is -0.740. The highest BCUT2D eigenvalue weighted by Gasteiger charge is 2.19. The number of hydrogen-bond donors (Lipinski definition) is 0. The predicted molar refractivity (Wildman–Crippen MR) is 68.2 cm³/mol. The van der Waals surface area contributed by atoms with Crippen LogP contribution in [-0.2, 0) is 21.9 Å². The molecule has 0 saturated heterocycles. The van der Waals surface area contributed by atoms with Crippen molar-refractivity contribution in [3.8, 4) is 5.75 Å². The van der Waals surface area contributed by atoms with Crippen molar-refractivity contribution in [1.29, 1.82) is 0 Å². The molecule has 1 aliphatic rings. The van der Waals surface area contributed by atoms with Crippen LogP contribution in [0.15, 0.2) is 18.2 Å². The molecule has 1 aromatic carbocycles. The largest absolute Gasteiger partial charge is 0.490 e. The third-order valence-electron chi connectivity index (χ3n) is 2.93. The van der Waals surface area contributed by atoms with Gasteiger partial charge in [0.1, 0.15) is 5.75 Å². The van der Waals surface area contributed by atoms with E-state index in [0.29, 0.717) is 6.42 Å². The second-order valence-electron chi connectivity index (χ2n) is 4.37. The fourth-order valence-electron chi connectivity index (χ4n) is 2.03. The molecule has 3 nitrogen and oxygen atoms in total. The smallest absolute Gasteiger partial charge is 0.232 e. The minimum Gasteiger partial charge on any atom is -0.490 e. The van der Waals surface area contributed by atoms with Gasteiger partial charge in [-0.1, -0.05) is 18.2 Å². The van der Waals surface area contributed by atoms with Crippen molar-refractivity contribution in [3.63, 3.8) is 0 Å². The van der Waals surface area contributed by atoms with Crippen molar-refractivity contribution in [2.24, 2.45) is 0 Å². The van der Waals surface area contributed by atoms with Crippen molar-refractivity contribution in [2.75, 3.05) is 5.75 Å². The molecular formula is C12H15ClO3S. The Bertz CT molecular complexity index is 510. The second kappa shape index (κ2) is 4.86. The molecule has 0 spiro atoms. The lowest BCUT2D eigenvalue weighted by atomic mass is 9.99. The molecule has 1 heterocycles. The SMILES string of the molecule is CC1CCc2cccc(CCS(=O)(=O)Cl)c2O1. The highest BCUT2D eigenvalue weighted by molar-refractivity contribution is 8.13. The van der Waals surface area contributed by atoms with E-state index in [2.05, 4.69) is 0 Å². The van der Waals surface area contributed by atoms with Crippen LogP contribution < -0.4 is 4.74 Å². The summed E-state index contributed by atoms with van der Waals surface area (Å²) >= 11 is 0. The Balaban J connectivity index is 2.23. The van der Waals surface area contributed by atoms with Crippen LogP contribution in [0.2, 0.25) is 0 Å². The molecule has 1 atom stereocenters. The van der Waals surface area contributed by atoms with E-state index in [9.17, 15) is 8.42 Å². The number of benzene rings is 1. The van der Waals surface area contributed by atoms with Crippen LogP contribution in [0.3, 0.4) is 0 Å². The third kappa shape index (κ3) is 3.36. The highest BCUT2D eigenvalue weighted by Crippen LogP contribution is 2.31. The van der Waals surface area contributed by atoms with Gasteiger partial charge in [0.25, 0.3) is 0 Å². The average molecular weight is 275 g/mol. The van der Waals surface area contributed by atoms with E-state index in [0.717, 1.165) is 29.7 Å². The molecule has 0 saturated carbocycles. The zero-order chi connectivity index (χ0) is 12.5. The molecule has 2 rings (SSSR count). The Kier molecular flexibility index (Phi) is 3.64. The summed E-state index contributed by atoms with van der Waals surface area (Å²) in [4.78, 5) is 0. The summed E-state index contributed by atoms with van der Waals surface area (Å²) in [5.74, 6) is 0.800. The van der Waals surface area contributed by atoms with Crippen LogP contribution in [0, 0.1) is 0 Å². The number of ether oxygens (including phenoxy) is 1. The Morgan fingerprint density at radius 3 is 2.94 bits per heavy atom. The summed E-state index contributed by atoms with van der Waals surface area (Å²) in [7, 11) is 1.78. The topological polar surface area (TPSA) is 43.4 Å². The summed E-state index contributed by atoms with van der Waals surface area (Å²) in [6.07, 6.45) is 2.58. The van der Waals surface area contributed by atoms with Crippen molar-refractivity contribution in [2.45, 2.75) is 32.3 Å². The number of fused-ring (bicyclic) bond motifs is 1.